The molecule has 0 spiro atoms. The van der Waals surface area contributed by atoms with E-state index in [-0.39, 0.29) is 11.4 Å². The fourth-order valence-corrected chi connectivity index (χ4v) is 1.73. The number of aromatic nitrogens is 2. The van der Waals surface area contributed by atoms with E-state index in [0.29, 0.717) is 12.4 Å². The third-order valence-corrected chi connectivity index (χ3v) is 2.88. The predicted octanol–water partition coefficient (Wildman–Crippen LogP) is 2.44. The van der Waals surface area contributed by atoms with Crippen LogP contribution in [0.5, 0.6) is 11.6 Å². The van der Waals surface area contributed by atoms with Crippen LogP contribution in [0.2, 0.25) is 0 Å². The van der Waals surface area contributed by atoms with Gasteiger partial charge in [0.25, 0.3) is 0 Å². The third kappa shape index (κ3) is 3.48. The number of methoxy groups -OCH3 is 1. The molecule has 6 heteroatoms. The molecule has 20 heavy (non-hydrogen) atoms. The Morgan fingerprint density at radius 1 is 1.30 bits per heavy atom. The van der Waals surface area contributed by atoms with Crippen molar-refractivity contribution in [3.05, 3.63) is 47.4 Å². The zero-order valence-corrected chi connectivity index (χ0v) is 12.1. The topological polar surface area (TPSA) is 61.3 Å². The third-order valence-electron chi connectivity index (χ3n) is 2.64. The molecule has 0 saturated carbocycles. The molecule has 0 bridgehead atoms. The number of hydrogen-bond donors (Lipinski definition) is 1. The van der Waals surface area contributed by atoms with Gasteiger partial charge < -0.3 is 9.47 Å². The summed E-state index contributed by atoms with van der Waals surface area (Å²) in [5, 5.41) is -0.422. The summed E-state index contributed by atoms with van der Waals surface area (Å²) in [7, 11) is 1.61. The molecule has 0 radical (unpaired) electrons. The van der Waals surface area contributed by atoms with Crippen molar-refractivity contribution in [1.82, 2.24) is 9.97 Å². The van der Waals surface area contributed by atoms with Gasteiger partial charge in [0.15, 0.2) is 0 Å². The van der Waals surface area contributed by atoms with Crippen molar-refractivity contribution in [2.24, 2.45) is 0 Å². The molecule has 0 N–H and O–H groups in total. The van der Waals surface area contributed by atoms with Gasteiger partial charge in [-0.05, 0) is 24.6 Å². The van der Waals surface area contributed by atoms with Crippen LogP contribution in [-0.2, 0) is 6.61 Å². The van der Waals surface area contributed by atoms with E-state index < -0.39 is 5.12 Å². The fraction of sp³-hybridized carbons (Fsp3) is 0.214. The van der Waals surface area contributed by atoms with E-state index in [1.165, 1.54) is 6.20 Å². The van der Waals surface area contributed by atoms with E-state index in [9.17, 15) is 4.79 Å². The lowest BCUT2D eigenvalue weighted by Crippen LogP contribution is -2.05. The minimum atomic E-state index is -0.422. The van der Waals surface area contributed by atoms with E-state index in [4.69, 9.17) is 9.47 Å². The first-order valence-electron chi connectivity index (χ1n) is 5.93. The molecule has 0 aliphatic rings. The minimum absolute atomic E-state index is 0.244. The van der Waals surface area contributed by atoms with Crippen LogP contribution in [-0.4, -0.2) is 22.2 Å². The summed E-state index contributed by atoms with van der Waals surface area (Å²) in [5.41, 5.74) is 1.20. The molecule has 0 aliphatic carbocycles. The Balaban J connectivity index is 2.13. The Bertz CT molecular complexity index is 614. The van der Waals surface area contributed by atoms with E-state index >= 15 is 0 Å². The van der Waals surface area contributed by atoms with Crippen molar-refractivity contribution >= 4 is 17.7 Å². The maximum absolute atomic E-state index is 11.4. The molecule has 0 unspecified atom stereocenters. The highest BCUT2D eigenvalue weighted by Crippen LogP contribution is 2.19. The molecule has 104 valence electrons. The van der Waals surface area contributed by atoms with Crippen molar-refractivity contribution in [1.29, 1.82) is 0 Å². The standard InChI is InChI=1S/C14H14N2O3S/c1-9-15-7-12(14(17)20)13(16-9)19-8-10-3-5-11(18-2)6-4-10/h3-7H,8H2,1-2H3,(H,17,20). The van der Waals surface area contributed by atoms with Gasteiger partial charge in [-0.15, -0.1) is 12.6 Å². The molecule has 0 aliphatic heterocycles. The lowest BCUT2D eigenvalue weighted by molar-refractivity contribution is 0.108. The number of rotatable bonds is 5. The highest BCUT2D eigenvalue weighted by Gasteiger charge is 2.12. The van der Waals surface area contributed by atoms with Gasteiger partial charge in [0.05, 0.1) is 7.11 Å². The average molecular weight is 290 g/mol. The second kappa shape index (κ2) is 6.38. The van der Waals surface area contributed by atoms with Gasteiger partial charge in [-0.25, -0.2) is 4.98 Å². The van der Waals surface area contributed by atoms with E-state index in [0.717, 1.165) is 11.3 Å². The largest absolute Gasteiger partial charge is 0.497 e. The van der Waals surface area contributed by atoms with Gasteiger partial charge in [0, 0.05) is 6.20 Å². The van der Waals surface area contributed by atoms with Gasteiger partial charge in [-0.2, -0.15) is 4.98 Å². The van der Waals surface area contributed by atoms with Gasteiger partial charge in [0.1, 0.15) is 23.7 Å². The number of nitrogens with zero attached hydrogens (tertiary/aromatic N) is 2. The molecule has 2 rings (SSSR count). The SMILES string of the molecule is COc1ccc(COc2nc(C)ncc2C(=O)S)cc1. The van der Waals surface area contributed by atoms with Crippen LogP contribution in [0.25, 0.3) is 0 Å². The minimum Gasteiger partial charge on any atom is -0.497 e. The first-order chi connectivity index (χ1) is 9.60. The molecule has 0 saturated heterocycles. The summed E-state index contributed by atoms with van der Waals surface area (Å²) in [6, 6.07) is 7.45. The van der Waals surface area contributed by atoms with Crippen molar-refractivity contribution < 1.29 is 14.3 Å². The van der Waals surface area contributed by atoms with E-state index in [1.807, 2.05) is 24.3 Å². The maximum Gasteiger partial charge on any atom is 0.229 e. The van der Waals surface area contributed by atoms with Crippen LogP contribution in [0.3, 0.4) is 0 Å². The van der Waals surface area contributed by atoms with Crippen LogP contribution < -0.4 is 9.47 Å². The molecule has 5 nitrogen and oxygen atoms in total. The summed E-state index contributed by atoms with van der Waals surface area (Å²) in [5.74, 6) is 1.55. The molecule has 2 aromatic rings. The summed E-state index contributed by atoms with van der Waals surface area (Å²) < 4.78 is 10.7. The highest BCUT2D eigenvalue weighted by atomic mass is 32.1. The first-order valence-corrected chi connectivity index (χ1v) is 6.37. The van der Waals surface area contributed by atoms with Crippen molar-refractivity contribution in [2.45, 2.75) is 13.5 Å². The van der Waals surface area contributed by atoms with Crippen LogP contribution in [0, 0.1) is 6.92 Å². The van der Waals surface area contributed by atoms with Crippen LogP contribution in [0.1, 0.15) is 21.7 Å². The lowest BCUT2D eigenvalue weighted by Gasteiger charge is -2.09. The Labute approximate surface area is 122 Å². The summed E-state index contributed by atoms with van der Waals surface area (Å²) in [4.78, 5) is 19.4. The van der Waals surface area contributed by atoms with Crippen molar-refractivity contribution in [3.63, 3.8) is 0 Å². The zero-order chi connectivity index (χ0) is 14.5. The Morgan fingerprint density at radius 2 is 2.00 bits per heavy atom. The molecular weight excluding hydrogens is 276 g/mol. The lowest BCUT2D eigenvalue weighted by atomic mass is 10.2. The average Bonchev–Trinajstić information content (AvgIpc) is 2.45. The zero-order valence-electron chi connectivity index (χ0n) is 11.2. The number of ether oxygens (including phenoxy) is 2. The van der Waals surface area contributed by atoms with E-state index in [2.05, 4.69) is 22.6 Å². The Kier molecular flexibility index (Phi) is 4.57. The predicted molar refractivity (Wildman–Crippen MR) is 77.4 cm³/mol. The molecule has 0 fully saturated rings. The molecule has 0 atom stereocenters. The monoisotopic (exact) mass is 290 g/mol. The maximum atomic E-state index is 11.4. The Morgan fingerprint density at radius 3 is 2.60 bits per heavy atom. The van der Waals surface area contributed by atoms with Crippen LogP contribution in [0.4, 0.5) is 0 Å². The van der Waals surface area contributed by atoms with Gasteiger partial charge >= 0.3 is 0 Å². The number of thiol groups is 1. The number of aryl methyl sites for hydroxylation is 1. The molecule has 0 amide bonds. The van der Waals surface area contributed by atoms with Gasteiger partial charge in [-0.3, -0.25) is 4.79 Å². The normalized spacial score (nSPS) is 10.2. The molecule has 1 heterocycles. The van der Waals surface area contributed by atoms with Crippen molar-refractivity contribution in [3.8, 4) is 11.6 Å². The Hall–Kier alpha value is -2.08. The smallest absolute Gasteiger partial charge is 0.229 e. The van der Waals surface area contributed by atoms with Crippen LogP contribution >= 0.6 is 12.6 Å². The number of carbonyl (C=O) groups is 1. The first kappa shape index (κ1) is 14.3. The van der Waals surface area contributed by atoms with E-state index in [1.54, 1.807) is 14.0 Å². The second-order valence-corrected chi connectivity index (χ2v) is 4.48. The van der Waals surface area contributed by atoms with Crippen molar-refractivity contribution in [2.75, 3.05) is 7.11 Å². The second-order valence-electron chi connectivity index (χ2n) is 4.08. The highest BCUT2D eigenvalue weighted by molar-refractivity contribution is 7.97. The molecular formula is C14H14N2O3S. The number of hydrogen-bond acceptors (Lipinski definition) is 5. The number of carbonyl (C=O) groups excluding carboxylic acids is 1. The summed E-state index contributed by atoms with van der Waals surface area (Å²) in [6.45, 7) is 2.03. The fourth-order valence-electron chi connectivity index (χ4n) is 1.58. The van der Waals surface area contributed by atoms with Crippen LogP contribution in [0.15, 0.2) is 30.5 Å². The summed E-state index contributed by atoms with van der Waals surface area (Å²) in [6.07, 6.45) is 1.42. The number of benzene rings is 1. The summed E-state index contributed by atoms with van der Waals surface area (Å²) >= 11 is 3.78. The molecule has 1 aromatic heterocycles. The molecule has 1 aromatic carbocycles. The quantitative estimate of drug-likeness (QED) is 0.857. The van der Waals surface area contributed by atoms with Gasteiger partial charge in [-0.1, -0.05) is 12.1 Å². The van der Waals surface area contributed by atoms with Gasteiger partial charge in [0.2, 0.25) is 11.0 Å².